The Morgan fingerprint density at radius 3 is 2.43 bits per heavy atom. The molecule has 0 radical (unpaired) electrons. The summed E-state index contributed by atoms with van der Waals surface area (Å²) < 4.78 is 0. The summed E-state index contributed by atoms with van der Waals surface area (Å²) in [5.74, 6) is 1.30. The van der Waals surface area contributed by atoms with Crippen LogP contribution >= 0.6 is 0 Å². The highest BCUT2D eigenvalue weighted by Gasteiger charge is 2.03. The van der Waals surface area contributed by atoms with Crippen molar-refractivity contribution in [3.8, 4) is 0 Å². The summed E-state index contributed by atoms with van der Waals surface area (Å²) in [6.07, 6.45) is 2.71. The van der Waals surface area contributed by atoms with Gasteiger partial charge in [-0.1, -0.05) is 34.1 Å². The van der Waals surface area contributed by atoms with E-state index < -0.39 is 0 Å². The fourth-order valence-corrected chi connectivity index (χ4v) is 0.950. The maximum Gasteiger partial charge on any atom is 0.234 e. The fourth-order valence-electron chi connectivity index (χ4n) is 0.950. The van der Waals surface area contributed by atoms with Gasteiger partial charge in [-0.05, 0) is 18.3 Å². The van der Waals surface area contributed by atoms with Gasteiger partial charge in [-0.2, -0.15) is 0 Å². The standard InChI is InChI=1S/C11H24N2O/c1-5-10(4)8-12-13-11(14)7-6-9(2)3/h9-10,12H,5-8H2,1-4H3,(H,13,14)/t10-/m0/s1. The van der Waals surface area contributed by atoms with E-state index in [9.17, 15) is 4.79 Å². The summed E-state index contributed by atoms with van der Waals surface area (Å²) in [4.78, 5) is 11.2. The Morgan fingerprint density at radius 1 is 1.29 bits per heavy atom. The van der Waals surface area contributed by atoms with E-state index in [2.05, 4.69) is 38.5 Å². The third-order valence-corrected chi connectivity index (χ3v) is 2.32. The molecule has 3 heteroatoms. The van der Waals surface area contributed by atoms with E-state index in [4.69, 9.17) is 0 Å². The first-order valence-electron chi connectivity index (χ1n) is 5.58. The molecule has 0 aliphatic carbocycles. The number of carbonyl (C=O) groups is 1. The lowest BCUT2D eigenvalue weighted by Crippen LogP contribution is -2.39. The van der Waals surface area contributed by atoms with Gasteiger partial charge < -0.3 is 0 Å². The molecule has 0 aliphatic heterocycles. The van der Waals surface area contributed by atoms with Crippen molar-refractivity contribution in [1.82, 2.24) is 10.9 Å². The molecule has 0 aromatic rings. The van der Waals surface area contributed by atoms with Crippen molar-refractivity contribution < 1.29 is 4.79 Å². The second kappa shape index (κ2) is 7.80. The van der Waals surface area contributed by atoms with Crippen LogP contribution in [-0.4, -0.2) is 12.5 Å². The lowest BCUT2D eigenvalue weighted by molar-refractivity contribution is -0.122. The first kappa shape index (κ1) is 13.4. The Kier molecular flexibility index (Phi) is 7.48. The van der Waals surface area contributed by atoms with E-state index in [1.165, 1.54) is 0 Å². The van der Waals surface area contributed by atoms with Gasteiger partial charge >= 0.3 is 0 Å². The molecule has 1 atom stereocenters. The zero-order valence-electron chi connectivity index (χ0n) is 9.89. The highest BCUT2D eigenvalue weighted by atomic mass is 16.2. The van der Waals surface area contributed by atoms with Crippen molar-refractivity contribution in [2.75, 3.05) is 6.54 Å². The molecule has 0 aromatic carbocycles. The van der Waals surface area contributed by atoms with Crippen LogP contribution in [0.5, 0.6) is 0 Å². The average Bonchev–Trinajstić information content (AvgIpc) is 2.14. The summed E-state index contributed by atoms with van der Waals surface area (Å²) in [5, 5.41) is 0. The van der Waals surface area contributed by atoms with Crippen LogP contribution in [0.25, 0.3) is 0 Å². The molecule has 0 bridgehead atoms. The van der Waals surface area contributed by atoms with Gasteiger partial charge in [0.05, 0.1) is 0 Å². The van der Waals surface area contributed by atoms with Crippen LogP contribution in [0.1, 0.15) is 47.0 Å². The lowest BCUT2D eigenvalue weighted by atomic mass is 10.1. The minimum absolute atomic E-state index is 0.0991. The van der Waals surface area contributed by atoms with Gasteiger partial charge in [0.15, 0.2) is 0 Å². The molecule has 0 spiro atoms. The minimum atomic E-state index is 0.0991. The first-order chi connectivity index (χ1) is 6.56. The summed E-state index contributed by atoms with van der Waals surface area (Å²) in [7, 11) is 0. The van der Waals surface area contributed by atoms with Crippen molar-refractivity contribution in [1.29, 1.82) is 0 Å². The van der Waals surface area contributed by atoms with E-state index in [1.54, 1.807) is 0 Å². The molecule has 2 N–H and O–H groups in total. The summed E-state index contributed by atoms with van der Waals surface area (Å²) in [6.45, 7) is 9.41. The van der Waals surface area contributed by atoms with Crippen LogP contribution in [0, 0.1) is 11.8 Å². The zero-order chi connectivity index (χ0) is 11.0. The van der Waals surface area contributed by atoms with Crippen LogP contribution in [-0.2, 0) is 4.79 Å². The summed E-state index contributed by atoms with van der Waals surface area (Å²) in [5.41, 5.74) is 5.67. The average molecular weight is 200 g/mol. The van der Waals surface area contributed by atoms with Crippen LogP contribution < -0.4 is 10.9 Å². The monoisotopic (exact) mass is 200 g/mol. The zero-order valence-corrected chi connectivity index (χ0v) is 9.89. The van der Waals surface area contributed by atoms with Crippen LogP contribution in [0.15, 0.2) is 0 Å². The second-order valence-electron chi connectivity index (χ2n) is 4.38. The Morgan fingerprint density at radius 2 is 1.93 bits per heavy atom. The molecular formula is C11H24N2O. The molecule has 0 saturated carbocycles. The Hall–Kier alpha value is -0.570. The molecule has 0 heterocycles. The lowest BCUT2D eigenvalue weighted by Gasteiger charge is -2.11. The van der Waals surface area contributed by atoms with Crippen LogP contribution in [0.3, 0.4) is 0 Å². The van der Waals surface area contributed by atoms with Gasteiger partial charge in [0.2, 0.25) is 5.91 Å². The van der Waals surface area contributed by atoms with Crippen LogP contribution in [0.4, 0.5) is 0 Å². The number of carbonyl (C=O) groups excluding carboxylic acids is 1. The Labute approximate surface area is 87.6 Å². The molecule has 0 aromatic heterocycles. The van der Waals surface area contributed by atoms with E-state index in [0.717, 1.165) is 19.4 Å². The third kappa shape index (κ3) is 8.05. The van der Waals surface area contributed by atoms with Gasteiger partial charge in [-0.25, -0.2) is 5.43 Å². The normalized spacial score (nSPS) is 12.9. The van der Waals surface area contributed by atoms with Crippen molar-refractivity contribution in [3.63, 3.8) is 0 Å². The maximum atomic E-state index is 11.2. The second-order valence-corrected chi connectivity index (χ2v) is 4.38. The van der Waals surface area contributed by atoms with Crippen molar-refractivity contribution in [2.24, 2.45) is 11.8 Å². The van der Waals surface area contributed by atoms with Crippen molar-refractivity contribution >= 4 is 5.91 Å². The van der Waals surface area contributed by atoms with Gasteiger partial charge in [0.1, 0.15) is 0 Å². The van der Waals surface area contributed by atoms with E-state index in [1.807, 2.05) is 0 Å². The molecule has 0 unspecified atom stereocenters. The highest BCUT2D eigenvalue weighted by Crippen LogP contribution is 2.02. The fraction of sp³-hybridized carbons (Fsp3) is 0.909. The van der Waals surface area contributed by atoms with E-state index in [-0.39, 0.29) is 5.91 Å². The first-order valence-corrected chi connectivity index (χ1v) is 5.58. The third-order valence-electron chi connectivity index (χ3n) is 2.32. The molecule has 84 valence electrons. The van der Waals surface area contributed by atoms with Gasteiger partial charge in [-0.15, -0.1) is 0 Å². The van der Waals surface area contributed by atoms with Crippen molar-refractivity contribution in [3.05, 3.63) is 0 Å². The Balaban J connectivity index is 3.35. The SMILES string of the molecule is CC[C@H](C)CNNC(=O)CCC(C)C. The largest absolute Gasteiger partial charge is 0.292 e. The number of hydrazine groups is 1. The molecule has 1 amide bonds. The van der Waals surface area contributed by atoms with Crippen molar-refractivity contribution in [2.45, 2.75) is 47.0 Å². The smallest absolute Gasteiger partial charge is 0.234 e. The molecule has 0 rings (SSSR count). The minimum Gasteiger partial charge on any atom is -0.292 e. The predicted molar refractivity (Wildman–Crippen MR) is 59.7 cm³/mol. The Bertz CT molecular complexity index is 157. The van der Waals surface area contributed by atoms with E-state index >= 15 is 0 Å². The predicted octanol–water partition coefficient (Wildman–Crippen LogP) is 2.09. The molecule has 3 nitrogen and oxygen atoms in total. The number of nitrogens with one attached hydrogen (secondary N) is 2. The van der Waals surface area contributed by atoms with E-state index in [0.29, 0.717) is 18.3 Å². The van der Waals surface area contributed by atoms with Gasteiger partial charge in [0.25, 0.3) is 0 Å². The number of hydrogen-bond donors (Lipinski definition) is 2. The quantitative estimate of drug-likeness (QED) is 0.618. The highest BCUT2D eigenvalue weighted by molar-refractivity contribution is 5.75. The van der Waals surface area contributed by atoms with Gasteiger partial charge in [0, 0.05) is 13.0 Å². The molecule has 0 aliphatic rings. The molecule has 0 fully saturated rings. The van der Waals surface area contributed by atoms with Crippen LogP contribution in [0.2, 0.25) is 0 Å². The molecule has 14 heavy (non-hydrogen) atoms. The molecular weight excluding hydrogens is 176 g/mol. The topological polar surface area (TPSA) is 41.1 Å². The maximum absolute atomic E-state index is 11.2. The number of hydrogen-bond acceptors (Lipinski definition) is 2. The van der Waals surface area contributed by atoms with Gasteiger partial charge in [-0.3, -0.25) is 10.2 Å². The number of rotatable bonds is 7. The molecule has 0 saturated heterocycles. The summed E-state index contributed by atoms with van der Waals surface area (Å²) in [6, 6.07) is 0. The number of amides is 1. The summed E-state index contributed by atoms with van der Waals surface area (Å²) >= 11 is 0.